The van der Waals surface area contributed by atoms with Crippen molar-refractivity contribution in [2.75, 3.05) is 7.05 Å². The lowest BCUT2D eigenvalue weighted by Gasteiger charge is -1.96. The number of hydrogen-bond acceptors (Lipinski definition) is 2. The third-order valence-corrected chi connectivity index (χ3v) is 1.18. The lowest BCUT2D eigenvalue weighted by Crippen LogP contribution is -1.99. The van der Waals surface area contributed by atoms with Crippen molar-refractivity contribution in [1.29, 1.82) is 0 Å². The Morgan fingerprint density at radius 1 is 1.30 bits per heavy atom. The van der Waals surface area contributed by atoms with E-state index in [0.717, 1.165) is 5.57 Å². The van der Waals surface area contributed by atoms with Gasteiger partial charge in [0.1, 0.15) is 0 Å². The summed E-state index contributed by atoms with van der Waals surface area (Å²) in [5.41, 5.74) is 1.72. The zero-order valence-electron chi connectivity index (χ0n) is 6.93. The largest absolute Gasteiger partial charge is 0.296 e. The second kappa shape index (κ2) is 3.99. The molecule has 0 atom stereocenters. The monoisotopic (exact) mass is 139 g/mol. The average molecular weight is 139 g/mol. The molecule has 0 radical (unpaired) electrons. The number of carbonyl (C=O) groups excluding carboxylic acids is 1. The Balaban J connectivity index is 4.61. The van der Waals surface area contributed by atoms with Crippen LogP contribution in [0.2, 0.25) is 0 Å². The maximum Gasteiger partial charge on any atom is 0.161 e. The second-order valence-corrected chi connectivity index (χ2v) is 2.36. The molecule has 0 fully saturated rings. The first-order valence-corrected chi connectivity index (χ1v) is 3.20. The lowest BCUT2D eigenvalue weighted by atomic mass is 10.1. The van der Waals surface area contributed by atoms with Gasteiger partial charge in [0.25, 0.3) is 0 Å². The van der Waals surface area contributed by atoms with Gasteiger partial charge < -0.3 is 0 Å². The fraction of sp³-hybridized carbons (Fsp3) is 0.500. The van der Waals surface area contributed by atoms with Crippen LogP contribution < -0.4 is 0 Å². The predicted molar refractivity (Wildman–Crippen MR) is 43.5 cm³/mol. The molecule has 0 aromatic rings. The van der Waals surface area contributed by atoms with Crippen molar-refractivity contribution < 1.29 is 4.79 Å². The summed E-state index contributed by atoms with van der Waals surface area (Å²) in [6.45, 7) is 5.35. The van der Waals surface area contributed by atoms with E-state index in [1.54, 1.807) is 20.2 Å². The molecule has 0 bridgehead atoms. The highest BCUT2D eigenvalue weighted by Crippen LogP contribution is 2.00. The number of hydrogen-bond donors (Lipinski definition) is 0. The average Bonchev–Trinajstić information content (AvgIpc) is 1.81. The molecule has 2 heteroatoms. The molecule has 56 valence electrons. The zero-order valence-corrected chi connectivity index (χ0v) is 6.93. The standard InChI is InChI=1S/C8H13NO/c1-6(2)8(5-9-4)7(3)10/h5H,1-4H3. The highest BCUT2D eigenvalue weighted by atomic mass is 16.1. The van der Waals surface area contributed by atoms with Gasteiger partial charge in [-0.2, -0.15) is 0 Å². The molecule has 10 heavy (non-hydrogen) atoms. The van der Waals surface area contributed by atoms with Crippen molar-refractivity contribution in [2.45, 2.75) is 20.8 Å². The minimum atomic E-state index is 0.0746. The van der Waals surface area contributed by atoms with Gasteiger partial charge in [-0.05, 0) is 20.8 Å². The van der Waals surface area contributed by atoms with Gasteiger partial charge in [0, 0.05) is 18.8 Å². The van der Waals surface area contributed by atoms with Crippen molar-refractivity contribution >= 4 is 12.0 Å². The highest BCUT2D eigenvalue weighted by Gasteiger charge is 2.00. The van der Waals surface area contributed by atoms with Gasteiger partial charge in [-0.25, -0.2) is 0 Å². The smallest absolute Gasteiger partial charge is 0.161 e. The molecule has 0 aliphatic heterocycles. The number of aliphatic imine (C=N–C) groups is 1. The number of rotatable bonds is 2. The molecule has 0 aromatic heterocycles. The Morgan fingerprint density at radius 2 is 1.80 bits per heavy atom. The molecule has 0 aromatic carbocycles. The summed E-state index contributed by atoms with van der Waals surface area (Å²) in [7, 11) is 1.66. The van der Waals surface area contributed by atoms with Crippen LogP contribution >= 0.6 is 0 Å². The SMILES string of the molecule is CN=CC(C(C)=O)=C(C)C. The van der Waals surface area contributed by atoms with E-state index in [4.69, 9.17) is 0 Å². The molecule has 0 spiro atoms. The van der Waals surface area contributed by atoms with E-state index in [-0.39, 0.29) is 5.78 Å². The predicted octanol–water partition coefficient (Wildman–Crippen LogP) is 1.61. The maximum atomic E-state index is 10.8. The van der Waals surface area contributed by atoms with Crippen LogP contribution in [0, 0.1) is 0 Å². The minimum Gasteiger partial charge on any atom is -0.296 e. The van der Waals surface area contributed by atoms with E-state index in [1.807, 2.05) is 13.8 Å². The van der Waals surface area contributed by atoms with Crippen LogP contribution in [0.4, 0.5) is 0 Å². The van der Waals surface area contributed by atoms with E-state index < -0.39 is 0 Å². The Hall–Kier alpha value is -0.920. The molecule has 0 aliphatic rings. The molecule has 2 nitrogen and oxygen atoms in total. The summed E-state index contributed by atoms with van der Waals surface area (Å²) in [5, 5.41) is 0. The van der Waals surface area contributed by atoms with Gasteiger partial charge in [0.15, 0.2) is 5.78 Å². The molecule has 0 aliphatic carbocycles. The number of Topliss-reactive ketones (excluding diaryl/α,β-unsaturated/α-hetero) is 1. The quantitative estimate of drug-likeness (QED) is 0.422. The summed E-state index contributed by atoms with van der Waals surface area (Å²) in [6.07, 6.45) is 1.59. The summed E-state index contributed by atoms with van der Waals surface area (Å²) < 4.78 is 0. The first-order valence-electron chi connectivity index (χ1n) is 3.20. The van der Waals surface area contributed by atoms with Crippen LogP contribution in [0.5, 0.6) is 0 Å². The van der Waals surface area contributed by atoms with Crippen LogP contribution in [0.3, 0.4) is 0 Å². The van der Waals surface area contributed by atoms with Crippen molar-refractivity contribution in [3.63, 3.8) is 0 Å². The Bertz CT molecular complexity index is 185. The van der Waals surface area contributed by atoms with Gasteiger partial charge in [-0.3, -0.25) is 9.79 Å². The summed E-state index contributed by atoms with van der Waals surface area (Å²) in [5.74, 6) is 0.0746. The zero-order chi connectivity index (χ0) is 8.15. The van der Waals surface area contributed by atoms with Gasteiger partial charge in [-0.15, -0.1) is 0 Å². The Morgan fingerprint density at radius 3 is 1.90 bits per heavy atom. The first kappa shape index (κ1) is 9.08. The lowest BCUT2D eigenvalue weighted by molar-refractivity contribution is -0.113. The van der Waals surface area contributed by atoms with Crippen LogP contribution in [-0.2, 0) is 4.79 Å². The number of ketones is 1. The molecule has 0 unspecified atom stereocenters. The van der Waals surface area contributed by atoms with Crippen LogP contribution in [-0.4, -0.2) is 19.0 Å². The number of allylic oxidation sites excluding steroid dienone is 2. The molecule has 0 heterocycles. The topological polar surface area (TPSA) is 29.4 Å². The summed E-state index contributed by atoms with van der Waals surface area (Å²) in [6, 6.07) is 0. The van der Waals surface area contributed by atoms with E-state index in [1.165, 1.54) is 0 Å². The van der Waals surface area contributed by atoms with E-state index in [9.17, 15) is 4.79 Å². The third-order valence-electron chi connectivity index (χ3n) is 1.18. The minimum absolute atomic E-state index is 0.0746. The summed E-state index contributed by atoms with van der Waals surface area (Å²) in [4.78, 5) is 14.6. The van der Waals surface area contributed by atoms with Gasteiger partial charge >= 0.3 is 0 Å². The number of nitrogens with zero attached hydrogens (tertiary/aromatic N) is 1. The molecular formula is C8H13NO. The van der Waals surface area contributed by atoms with Gasteiger partial charge in [-0.1, -0.05) is 5.57 Å². The molecular weight excluding hydrogens is 126 g/mol. The maximum absolute atomic E-state index is 10.8. The van der Waals surface area contributed by atoms with Crippen LogP contribution in [0.1, 0.15) is 20.8 Å². The molecule has 0 rings (SSSR count). The van der Waals surface area contributed by atoms with Crippen molar-refractivity contribution in [3.05, 3.63) is 11.1 Å². The van der Waals surface area contributed by atoms with Crippen molar-refractivity contribution in [3.8, 4) is 0 Å². The molecule has 0 N–H and O–H groups in total. The molecule has 0 saturated carbocycles. The first-order chi connectivity index (χ1) is 4.59. The van der Waals surface area contributed by atoms with Crippen LogP contribution in [0.25, 0.3) is 0 Å². The normalized spacial score (nSPS) is 10.0. The molecule has 0 saturated heterocycles. The van der Waals surface area contributed by atoms with Gasteiger partial charge in [0.2, 0.25) is 0 Å². The van der Waals surface area contributed by atoms with Crippen molar-refractivity contribution in [2.24, 2.45) is 4.99 Å². The Labute approximate surface area is 61.7 Å². The third kappa shape index (κ3) is 2.58. The second-order valence-electron chi connectivity index (χ2n) is 2.36. The van der Waals surface area contributed by atoms with Crippen molar-refractivity contribution in [1.82, 2.24) is 0 Å². The fourth-order valence-corrected chi connectivity index (χ4v) is 0.701. The number of carbonyl (C=O) groups is 1. The van der Waals surface area contributed by atoms with Gasteiger partial charge in [0.05, 0.1) is 0 Å². The van der Waals surface area contributed by atoms with Crippen LogP contribution in [0.15, 0.2) is 16.1 Å². The van der Waals surface area contributed by atoms with E-state index in [0.29, 0.717) is 5.57 Å². The highest BCUT2D eigenvalue weighted by molar-refractivity contribution is 6.12. The fourth-order valence-electron chi connectivity index (χ4n) is 0.701. The van der Waals surface area contributed by atoms with E-state index in [2.05, 4.69) is 4.99 Å². The van der Waals surface area contributed by atoms with E-state index >= 15 is 0 Å². The summed E-state index contributed by atoms with van der Waals surface area (Å²) >= 11 is 0. The Kier molecular flexibility index (Phi) is 3.62. The molecule has 0 amide bonds.